The van der Waals surface area contributed by atoms with Gasteiger partial charge in [0.2, 0.25) is 0 Å². The van der Waals surface area contributed by atoms with E-state index in [-0.39, 0.29) is 11.5 Å². The van der Waals surface area contributed by atoms with E-state index in [9.17, 15) is 14.4 Å². The molecule has 0 unspecified atom stereocenters. The van der Waals surface area contributed by atoms with Gasteiger partial charge < -0.3 is 29.4 Å². The number of hydrogen-bond acceptors (Lipinski definition) is 7. The topological polar surface area (TPSA) is 110 Å². The molecule has 9 nitrogen and oxygen atoms in total. The molecule has 0 spiro atoms. The molecule has 2 N–H and O–H groups in total. The highest BCUT2D eigenvalue weighted by Gasteiger charge is 2.17. The molecule has 1 saturated heterocycles. The van der Waals surface area contributed by atoms with Crippen LogP contribution in [0, 0.1) is 0 Å². The van der Waals surface area contributed by atoms with E-state index in [0.29, 0.717) is 41.8 Å². The lowest BCUT2D eigenvalue weighted by atomic mass is 10.1. The molecule has 1 fully saturated rings. The second-order valence-corrected chi connectivity index (χ2v) is 7.55. The van der Waals surface area contributed by atoms with Crippen molar-refractivity contribution in [1.82, 2.24) is 9.88 Å². The molecule has 180 valence electrons. The average Bonchev–Trinajstić information content (AvgIpc) is 3.17. The molecule has 2 aromatic carbocycles. The van der Waals surface area contributed by atoms with Gasteiger partial charge in [0.1, 0.15) is 0 Å². The third-order valence-corrected chi connectivity index (χ3v) is 5.43. The van der Waals surface area contributed by atoms with Crippen molar-refractivity contribution in [3.8, 4) is 11.5 Å². The van der Waals surface area contributed by atoms with Crippen LogP contribution in [-0.4, -0.2) is 69.6 Å². The molecule has 1 amide bonds. The SMILES string of the molecule is CNc1ccc(C(=O)N2CCCOCC2)cc1.COc1cc2cc(C=O)c(=O)[nH]c2cc1OC. The molecule has 0 saturated carbocycles. The van der Waals surface area contributed by atoms with Crippen LogP contribution in [0.3, 0.4) is 0 Å². The van der Waals surface area contributed by atoms with E-state index in [0.717, 1.165) is 30.8 Å². The smallest absolute Gasteiger partial charge is 0.259 e. The first-order valence-electron chi connectivity index (χ1n) is 10.9. The number of H-pyrrole nitrogens is 1. The van der Waals surface area contributed by atoms with E-state index < -0.39 is 5.56 Å². The average molecular weight is 468 g/mol. The minimum atomic E-state index is -0.417. The zero-order chi connectivity index (χ0) is 24.5. The molecule has 0 bridgehead atoms. The van der Waals surface area contributed by atoms with Crippen molar-refractivity contribution in [2.24, 2.45) is 0 Å². The predicted octanol–water partition coefficient (Wildman–Crippen LogP) is 2.95. The Bertz CT molecular complexity index is 1180. The zero-order valence-electron chi connectivity index (χ0n) is 19.6. The third kappa shape index (κ3) is 5.93. The molecule has 9 heteroatoms. The summed E-state index contributed by atoms with van der Waals surface area (Å²) in [7, 11) is 4.90. The van der Waals surface area contributed by atoms with Gasteiger partial charge in [0, 0.05) is 49.4 Å². The number of carbonyl (C=O) groups excluding carboxylic acids is 2. The van der Waals surface area contributed by atoms with Crippen molar-refractivity contribution >= 4 is 28.8 Å². The lowest BCUT2D eigenvalue weighted by Gasteiger charge is -2.19. The number of benzene rings is 2. The summed E-state index contributed by atoms with van der Waals surface area (Å²) in [6.07, 6.45) is 1.44. The molecular formula is C25H29N3O6. The number of methoxy groups -OCH3 is 2. The van der Waals surface area contributed by atoms with Crippen LogP contribution in [0.15, 0.2) is 47.3 Å². The number of carbonyl (C=O) groups is 2. The Hall–Kier alpha value is -3.85. The van der Waals surface area contributed by atoms with Gasteiger partial charge in [0.25, 0.3) is 11.5 Å². The van der Waals surface area contributed by atoms with Gasteiger partial charge in [-0.15, -0.1) is 0 Å². The van der Waals surface area contributed by atoms with Crippen molar-refractivity contribution < 1.29 is 23.8 Å². The quantitative estimate of drug-likeness (QED) is 0.555. The van der Waals surface area contributed by atoms with Crippen molar-refractivity contribution in [3.63, 3.8) is 0 Å². The summed E-state index contributed by atoms with van der Waals surface area (Å²) in [5.74, 6) is 1.16. The summed E-state index contributed by atoms with van der Waals surface area (Å²) in [5.41, 5.74) is 2.02. The maximum atomic E-state index is 12.2. The molecule has 0 atom stereocenters. The number of pyridine rings is 1. The molecule has 34 heavy (non-hydrogen) atoms. The van der Waals surface area contributed by atoms with Crippen molar-refractivity contribution in [2.45, 2.75) is 6.42 Å². The molecule has 2 heterocycles. The van der Waals surface area contributed by atoms with Crippen LogP contribution in [0.1, 0.15) is 27.1 Å². The Kier molecular flexibility index (Phi) is 8.64. The van der Waals surface area contributed by atoms with Crippen LogP contribution in [0.25, 0.3) is 10.9 Å². The summed E-state index contributed by atoms with van der Waals surface area (Å²) in [6, 6.07) is 12.4. The van der Waals surface area contributed by atoms with Crippen LogP contribution < -0.4 is 20.3 Å². The molecule has 0 aliphatic carbocycles. The van der Waals surface area contributed by atoms with Crippen LogP contribution in [-0.2, 0) is 4.74 Å². The van der Waals surface area contributed by atoms with Crippen LogP contribution >= 0.6 is 0 Å². The van der Waals surface area contributed by atoms with Crippen molar-refractivity contribution in [3.05, 3.63) is 63.9 Å². The molecule has 3 aromatic rings. The van der Waals surface area contributed by atoms with Gasteiger partial charge in [-0.05, 0) is 42.8 Å². The van der Waals surface area contributed by atoms with Gasteiger partial charge in [0.05, 0.1) is 31.9 Å². The molecule has 0 radical (unpaired) electrons. The Balaban J connectivity index is 0.000000191. The van der Waals surface area contributed by atoms with Gasteiger partial charge in [-0.3, -0.25) is 14.4 Å². The number of fused-ring (bicyclic) bond motifs is 1. The Morgan fingerprint density at radius 1 is 1.06 bits per heavy atom. The van der Waals surface area contributed by atoms with E-state index in [1.54, 1.807) is 12.1 Å². The maximum Gasteiger partial charge on any atom is 0.259 e. The van der Waals surface area contributed by atoms with Gasteiger partial charge in [0.15, 0.2) is 17.8 Å². The number of aromatic amines is 1. The first-order valence-corrected chi connectivity index (χ1v) is 10.9. The number of nitrogens with one attached hydrogen (secondary N) is 2. The summed E-state index contributed by atoms with van der Waals surface area (Å²) < 4.78 is 15.6. The maximum absolute atomic E-state index is 12.2. The van der Waals surface area contributed by atoms with Gasteiger partial charge in [-0.2, -0.15) is 0 Å². The number of amides is 1. The highest BCUT2D eigenvalue weighted by atomic mass is 16.5. The fourth-order valence-corrected chi connectivity index (χ4v) is 3.55. The van der Waals surface area contributed by atoms with E-state index in [2.05, 4.69) is 10.3 Å². The lowest BCUT2D eigenvalue weighted by Crippen LogP contribution is -2.33. The highest BCUT2D eigenvalue weighted by Crippen LogP contribution is 2.30. The lowest BCUT2D eigenvalue weighted by molar-refractivity contribution is 0.0741. The van der Waals surface area contributed by atoms with Gasteiger partial charge in [-0.1, -0.05) is 0 Å². The summed E-state index contributed by atoms with van der Waals surface area (Å²) in [4.78, 5) is 38.8. The van der Waals surface area contributed by atoms with E-state index in [4.69, 9.17) is 14.2 Å². The number of rotatable bonds is 5. The highest BCUT2D eigenvalue weighted by molar-refractivity contribution is 5.94. The standard InChI is InChI=1S/C13H18N2O2.C12H11NO4/c1-14-12-5-3-11(4-6-12)13(16)15-7-2-9-17-10-8-15;1-16-10-4-7-3-8(6-14)12(15)13-9(7)5-11(10)17-2/h3-6,14H,2,7-10H2,1H3;3-6H,1-2H3,(H,13,15). The van der Waals surface area contributed by atoms with E-state index in [1.807, 2.05) is 36.2 Å². The summed E-state index contributed by atoms with van der Waals surface area (Å²) in [5, 5.41) is 3.75. The number of nitrogens with zero attached hydrogens (tertiary/aromatic N) is 1. The zero-order valence-corrected chi connectivity index (χ0v) is 19.6. The molecule has 1 aliphatic heterocycles. The number of aromatic nitrogens is 1. The first kappa shape index (κ1) is 24.8. The van der Waals surface area contributed by atoms with Crippen LogP contribution in [0.4, 0.5) is 5.69 Å². The number of anilines is 1. The second kappa shape index (κ2) is 11.9. The normalized spacial score (nSPS) is 13.3. The van der Waals surface area contributed by atoms with Gasteiger partial charge in [-0.25, -0.2) is 0 Å². The third-order valence-electron chi connectivity index (χ3n) is 5.43. The fraction of sp³-hybridized carbons (Fsp3) is 0.320. The molecule has 1 aromatic heterocycles. The fourth-order valence-electron chi connectivity index (χ4n) is 3.55. The van der Waals surface area contributed by atoms with Crippen molar-refractivity contribution in [1.29, 1.82) is 0 Å². The van der Waals surface area contributed by atoms with Crippen LogP contribution in [0.5, 0.6) is 11.5 Å². The molecule has 1 aliphatic rings. The first-order chi connectivity index (χ1) is 16.5. The van der Waals surface area contributed by atoms with E-state index in [1.165, 1.54) is 20.3 Å². The predicted molar refractivity (Wildman–Crippen MR) is 130 cm³/mol. The molecule has 4 rings (SSSR count). The summed E-state index contributed by atoms with van der Waals surface area (Å²) in [6.45, 7) is 2.86. The summed E-state index contributed by atoms with van der Waals surface area (Å²) >= 11 is 0. The minimum Gasteiger partial charge on any atom is -0.493 e. The number of ether oxygens (including phenoxy) is 3. The van der Waals surface area contributed by atoms with E-state index >= 15 is 0 Å². The Morgan fingerprint density at radius 2 is 1.76 bits per heavy atom. The van der Waals surface area contributed by atoms with Crippen LogP contribution in [0.2, 0.25) is 0 Å². The largest absolute Gasteiger partial charge is 0.493 e. The minimum absolute atomic E-state index is 0.0877. The number of aldehydes is 1. The number of hydrogen-bond donors (Lipinski definition) is 2. The monoisotopic (exact) mass is 467 g/mol. The Morgan fingerprint density at radius 3 is 2.41 bits per heavy atom. The second-order valence-electron chi connectivity index (χ2n) is 7.55. The van der Waals surface area contributed by atoms with Gasteiger partial charge >= 0.3 is 0 Å². The Labute approximate surface area is 197 Å². The van der Waals surface area contributed by atoms with Crippen molar-refractivity contribution in [2.75, 3.05) is 52.9 Å². The molecular weight excluding hydrogens is 438 g/mol.